The van der Waals surface area contributed by atoms with Crippen LogP contribution in [0, 0.1) is 6.92 Å². The lowest BCUT2D eigenvalue weighted by Gasteiger charge is -2.29. The maximum atomic E-state index is 4.71. The minimum absolute atomic E-state index is 0.176. The van der Waals surface area contributed by atoms with Crippen LogP contribution in [0.4, 0.5) is 11.6 Å². The van der Waals surface area contributed by atoms with Crippen LogP contribution >= 0.6 is 0 Å². The standard InChI is InChI=1S/C23H28N4/c1-17(2)27(16-20-11-7-5-8-12-20)23-15-22(25-19(4)26-23)24-18(3)21-13-9-6-10-14-21/h5-15,17-18H,16H2,1-4H3,(H,24,25,26). The topological polar surface area (TPSA) is 41.1 Å². The Hall–Kier alpha value is -2.88. The van der Waals surface area contributed by atoms with Crippen LogP contribution in [-0.2, 0) is 6.54 Å². The van der Waals surface area contributed by atoms with Gasteiger partial charge in [-0.2, -0.15) is 0 Å². The van der Waals surface area contributed by atoms with E-state index in [4.69, 9.17) is 4.98 Å². The molecule has 1 aromatic heterocycles. The zero-order chi connectivity index (χ0) is 19.2. The monoisotopic (exact) mass is 360 g/mol. The van der Waals surface area contributed by atoms with Crippen LogP contribution in [0.25, 0.3) is 0 Å². The van der Waals surface area contributed by atoms with Gasteiger partial charge in [-0.1, -0.05) is 60.7 Å². The first-order valence-electron chi connectivity index (χ1n) is 9.50. The molecule has 0 spiro atoms. The van der Waals surface area contributed by atoms with Crippen molar-refractivity contribution in [2.75, 3.05) is 10.2 Å². The first-order chi connectivity index (χ1) is 13.0. The second-order valence-electron chi connectivity index (χ2n) is 7.14. The molecule has 1 heterocycles. The van der Waals surface area contributed by atoms with Crippen LogP contribution in [0.15, 0.2) is 66.7 Å². The zero-order valence-electron chi connectivity index (χ0n) is 16.6. The summed E-state index contributed by atoms with van der Waals surface area (Å²) in [6.45, 7) is 9.31. The lowest BCUT2D eigenvalue weighted by Crippen LogP contribution is -2.31. The highest BCUT2D eigenvalue weighted by molar-refractivity contribution is 5.51. The maximum absolute atomic E-state index is 4.71. The van der Waals surface area contributed by atoms with Crippen molar-refractivity contribution in [2.24, 2.45) is 0 Å². The van der Waals surface area contributed by atoms with Crippen molar-refractivity contribution in [1.82, 2.24) is 9.97 Å². The van der Waals surface area contributed by atoms with Gasteiger partial charge in [-0.25, -0.2) is 9.97 Å². The smallest absolute Gasteiger partial charge is 0.134 e. The Labute approximate surface area is 162 Å². The third-order valence-electron chi connectivity index (χ3n) is 4.60. The molecule has 0 radical (unpaired) electrons. The van der Waals surface area contributed by atoms with E-state index >= 15 is 0 Å². The molecule has 1 unspecified atom stereocenters. The quantitative estimate of drug-likeness (QED) is 0.615. The number of hydrogen-bond donors (Lipinski definition) is 1. The summed E-state index contributed by atoms with van der Waals surface area (Å²) in [6, 6.07) is 23.5. The highest BCUT2D eigenvalue weighted by Gasteiger charge is 2.15. The zero-order valence-corrected chi connectivity index (χ0v) is 16.6. The second kappa shape index (κ2) is 8.67. The predicted molar refractivity (Wildman–Crippen MR) is 113 cm³/mol. The van der Waals surface area contributed by atoms with Gasteiger partial charge < -0.3 is 10.2 Å². The average Bonchev–Trinajstić information content (AvgIpc) is 2.67. The fourth-order valence-corrected chi connectivity index (χ4v) is 3.13. The van der Waals surface area contributed by atoms with Crippen LogP contribution in [0.3, 0.4) is 0 Å². The summed E-state index contributed by atoms with van der Waals surface area (Å²) in [5.41, 5.74) is 2.51. The van der Waals surface area contributed by atoms with Gasteiger partial charge in [0.15, 0.2) is 0 Å². The number of nitrogens with zero attached hydrogens (tertiary/aromatic N) is 3. The van der Waals surface area contributed by atoms with Gasteiger partial charge in [0.1, 0.15) is 17.5 Å². The van der Waals surface area contributed by atoms with E-state index in [2.05, 4.69) is 90.6 Å². The highest BCUT2D eigenvalue weighted by atomic mass is 15.2. The van der Waals surface area contributed by atoms with Crippen LogP contribution in [0.5, 0.6) is 0 Å². The van der Waals surface area contributed by atoms with Crippen molar-refractivity contribution in [3.63, 3.8) is 0 Å². The van der Waals surface area contributed by atoms with Crippen LogP contribution in [-0.4, -0.2) is 16.0 Å². The molecule has 4 heteroatoms. The molecule has 0 bridgehead atoms. The molecule has 0 aliphatic carbocycles. The van der Waals surface area contributed by atoms with Crippen molar-refractivity contribution in [1.29, 1.82) is 0 Å². The van der Waals surface area contributed by atoms with Gasteiger partial charge in [0, 0.05) is 24.7 Å². The van der Waals surface area contributed by atoms with Gasteiger partial charge >= 0.3 is 0 Å². The Balaban J connectivity index is 1.84. The number of rotatable bonds is 7. The predicted octanol–water partition coefficient (Wildman–Crippen LogP) is 5.37. The fourth-order valence-electron chi connectivity index (χ4n) is 3.13. The lowest BCUT2D eigenvalue weighted by molar-refractivity contribution is 0.669. The molecule has 0 saturated heterocycles. The fraction of sp³-hybridized carbons (Fsp3) is 0.304. The van der Waals surface area contributed by atoms with Crippen molar-refractivity contribution < 1.29 is 0 Å². The van der Waals surface area contributed by atoms with Gasteiger partial charge in [0.2, 0.25) is 0 Å². The van der Waals surface area contributed by atoms with Gasteiger partial charge in [-0.3, -0.25) is 0 Å². The van der Waals surface area contributed by atoms with Crippen LogP contribution in [0.2, 0.25) is 0 Å². The van der Waals surface area contributed by atoms with E-state index in [1.807, 2.05) is 19.1 Å². The van der Waals surface area contributed by atoms with E-state index in [1.165, 1.54) is 11.1 Å². The third kappa shape index (κ3) is 5.07. The van der Waals surface area contributed by atoms with Crippen molar-refractivity contribution in [3.05, 3.63) is 83.7 Å². The molecular weight excluding hydrogens is 332 g/mol. The second-order valence-corrected chi connectivity index (χ2v) is 7.14. The van der Waals surface area contributed by atoms with Crippen molar-refractivity contribution >= 4 is 11.6 Å². The van der Waals surface area contributed by atoms with E-state index in [0.717, 1.165) is 24.0 Å². The molecule has 0 fully saturated rings. The molecule has 3 aromatic rings. The Kier molecular flexibility index (Phi) is 6.07. The van der Waals surface area contributed by atoms with Gasteiger partial charge in [-0.05, 0) is 38.8 Å². The summed E-state index contributed by atoms with van der Waals surface area (Å²) in [6.07, 6.45) is 0. The minimum Gasteiger partial charge on any atom is -0.363 e. The van der Waals surface area contributed by atoms with Crippen molar-refractivity contribution in [2.45, 2.75) is 46.3 Å². The van der Waals surface area contributed by atoms with Gasteiger partial charge in [0.05, 0.1) is 0 Å². The van der Waals surface area contributed by atoms with E-state index in [0.29, 0.717) is 6.04 Å². The molecule has 0 amide bonds. The molecule has 1 N–H and O–H groups in total. The Morgan fingerprint density at radius 1 is 0.889 bits per heavy atom. The summed E-state index contributed by atoms with van der Waals surface area (Å²) < 4.78 is 0. The molecule has 0 aliphatic heterocycles. The summed E-state index contributed by atoms with van der Waals surface area (Å²) in [5.74, 6) is 2.57. The number of anilines is 2. The van der Waals surface area contributed by atoms with Gasteiger partial charge in [0.25, 0.3) is 0 Å². The van der Waals surface area contributed by atoms with Crippen LogP contribution in [0.1, 0.15) is 43.8 Å². The molecule has 0 saturated carbocycles. The summed E-state index contributed by atoms with van der Waals surface area (Å²) in [7, 11) is 0. The SMILES string of the molecule is Cc1nc(NC(C)c2ccccc2)cc(N(Cc2ccccc2)C(C)C)n1. The number of nitrogens with one attached hydrogen (secondary N) is 1. The molecule has 140 valence electrons. The van der Waals surface area contributed by atoms with E-state index in [9.17, 15) is 0 Å². The average molecular weight is 361 g/mol. The Bertz CT molecular complexity index is 847. The normalized spacial score (nSPS) is 12.0. The van der Waals surface area contributed by atoms with Crippen LogP contribution < -0.4 is 10.2 Å². The maximum Gasteiger partial charge on any atom is 0.134 e. The minimum atomic E-state index is 0.176. The molecule has 2 aromatic carbocycles. The molecule has 4 nitrogen and oxygen atoms in total. The van der Waals surface area contributed by atoms with Gasteiger partial charge in [-0.15, -0.1) is 0 Å². The molecule has 27 heavy (non-hydrogen) atoms. The molecule has 0 aliphatic rings. The first-order valence-corrected chi connectivity index (χ1v) is 9.50. The first kappa shape index (κ1) is 18.9. The summed E-state index contributed by atoms with van der Waals surface area (Å²) in [5, 5.41) is 3.52. The van der Waals surface area contributed by atoms with Crippen molar-refractivity contribution in [3.8, 4) is 0 Å². The van der Waals surface area contributed by atoms with E-state index in [1.54, 1.807) is 0 Å². The lowest BCUT2D eigenvalue weighted by atomic mass is 10.1. The molecule has 1 atom stereocenters. The molecular formula is C23H28N4. The summed E-state index contributed by atoms with van der Waals surface area (Å²) >= 11 is 0. The number of hydrogen-bond acceptors (Lipinski definition) is 4. The van der Waals surface area contributed by atoms with E-state index in [-0.39, 0.29) is 6.04 Å². The Morgan fingerprint density at radius 3 is 2.15 bits per heavy atom. The molecule has 3 rings (SSSR count). The number of aryl methyl sites for hydroxylation is 1. The highest BCUT2D eigenvalue weighted by Crippen LogP contribution is 2.24. The van der Waals surface area contributed by atoms with E-state index < -0.39 is 0 Å². The summed E-state index contributed by atoms with van der Waals surface area (Å²) in [4.78, 5) is 11.6. The Morgan fingerprint density at radius 2 is 1.52 bits per heavy atom. The number of aromatic nitrogens is 2. The largest absolute Gasteiger partial charge is 0.363 e. The number of benzene rings is 2. The third-order valence-corrected chi connectivity index (χ3v) is 4.60.